The fourth-order valence-electron chi connectivity index (χ4n) is 4.92. The van der Waals surface area contributed by atoms with Crippen LogP contribution in [0.5, 0.6) is 0 Å². The van der Waals surface area contributed by atoms with Crippen LogP contribution < -0.4 is 10.6 Å². The number of amides is 2. The normalized spacial score (nSPS) is 14.1. The van der Waals surface area contributed by atoms with E-state index in [1.807, 2.05) is 38.1 Å². The van der Waals surface area contributed by atoms with Gasteiger partial charge in [-0.15, -0.1) is 0 Å². The van der Waals surface area contributed by atoms with Crippen LogP contribution in [0.2, 0.25) is 0 Å². The zero-order valence-corrected chi connectivity index (χ0v) is 20.8. The molecule has 2 aromatic carbocycles. The van der Waals surface area contributed by atoms with E-state index >= 15 is 0 Å². The molecule has 2 unspecified atom stereocenters. The molecule has 0 heterocycles. The van der Waals surface area contributed by atoms with E-state index in [0.717, 1.165) is 12.8 Å². The maximum atomic E-state index is 12.2. The van der Waals surface area contributed by atoms with Gasteiger partial charge in [0.15, 0.2) is 0 Å². The lowest BCUT2D eigenvalue weighted by Gasteiger charge is -2.24. The molecule has 0 aromatic heterocycles. The van der Waals surface area contributed by atoms with Crippen molar-refractivity contribution >= 4 is 18.0 Å². The lowest BCUT2D eigenvalue weighted by atomic mass is 9.89. The number of hydrogen-bond acceptors (Lipinski definition) is 4. The number of alkyl carbamates (subject to hydrolysis) is 1. The third-order valence-corrected chi connectivity index (χ3v) is 6.62. The molecule has 0 saturated carbocycles. The van der Waals surface area contributed by atoms with Crippen LogP contribution in [0.25, 0.3) is 11.1 Å². The predicted molar refractivity (Wildman–Crippen MR) is 135 cm³/mol. The largest absolute Gasteiger partial charge is 0.481 e. The monoisotopic (exact) mass is 480 g/mol. The Kier molecular flexibility index (Phi) is 9.29. The van der Waals surface area contributed by atoms with Gasteiger partial charge in [0.05, 0.1) is 5.92 Å². The average molecular weight is 481 g/mol. The molecule has 35 heavy (non-hydrogen) atoms. The number of benzene rings is 2. The number of rotatable bonds is 12. The Morgan fingerprint density at radius 1 is 0.914 bits per heavy atom. The SMILES string of the molecule is CC(C)C(C(=O)O)C(C)NC(=O)CCCCCNC(=O)OCC1c2ccccc2-c2ccccc21. The number of carbonyl (C=O) groups excluding carboxylic acids is 2. The second-order valence-corrected chi connectivity index (χ2v) is 9.53. The fraction of sp³-hybridized carbons (Fsp3) is 0.464. The summed E-state index contributed by atoms with van der Waals surface area (Å²) in [5.74, 6) is -1.68. The second kappa shape index (κ2) is 12.4. The number of aliphatic carboxylic acids is 1. The third kappa shape index (κ3) is 6.84. The zero-order chi connectivity index (χ0) is 25.4. The highest BCUT2D eigenvalue weighted by Crippen LogP contribution is 2.44. The molecule has 3 rings (SSSR count). The van der Waals surface area contributed by atoms with Crippen molar-refractivity contribution in [1.82, 2.24) is 10.6 Å². The van der Waals surface area contributed by atoms with Crippen LogP contribution in [0.15, 0.2) is 48.5 Å². The van der Waals surface area contributed by atoms with Crippen molar-refractivity contribution in [3.8, 4) is 11.1 Å². The molecule has 1 aliphatic rings. The topological polar surface area (TPSA) is 105 Å². The van der Waals surface area contributed by atoms with Crippen molar-refractivity contribution < 1.29 is 24.2 Å². The van der Waals surface area contributed by atoms with E-state index in [1.165, 1.54) is 22.3 Å². The van der Waals surface area contributed by atoms with Gasteiger partial charge < -0.3 is 20.5 Å². The highest BCUT2D eigenvalue weighted by atomic mass is 16.5. The Balaban J connectivity index is 1.33. The van der Waals surface area contributed by atoms with Gasteiger partial charge in [-0.3, -0.25) is 9.59 Å². The van der Waals surface area contributed by atoms with E-state index in [1.54, 1.807) is 6.92 Å². The van der Waals surface area contributed by atoms with E-state index in [-0.39, 0.29) is 24.3 Å². The molecule has 0 saturated heterocycles. The Morgan fingerprint density at radius 3 is 2.09 bits per heavy atom. The van der Waals surface area contributed by atoms with Crippen molar-refractivity contribution in [3.05, 3.63) is 59.7 Å². The Labute approximate surface area is 207 Å². The van der Waals surface area contributed by atoms with Crippen LogP contribution in [-0.2, 0) is 14.3 Å². The summed E-state index contributed by atoms with van der Waals surface area (Å²) in [6.45, 7) is 6.17. The molecule has 7 nitrogen and oxygen atoms in total. The van der Waals surface area contributed by atoms with Crippen LogP contribution >= 0.6 is 0 Å². The standard InChI is InChI=1S/C28H36N2O5/c1-18(2)26(27(32)33)19(3)30-25(31)15-5-4-10-16-29-28(34)35-17-24-22-13-8-6-11-20(22)21-12-7-9-14-23(21)24/h6-9,11-14,18-19,24,26H,4-5,10,15-17H2,1-3H3,(H,29,34)(H,30,31)(H,32,33). The van der Waals surface area contributed by atoms with Crippen molar-refractivity contribution in [2.45, 2.75) is 58.4 Å². The predicted octanol–water partition coefficient (Wildman–Crippen LogP) is 4.95. The maximum absolute atomic E-state index is 12.2. The van der Waals surface area contributed by atoms with E-state index in [2.05, 4.69) is 34.9 Å². The van der Waals surface area contributed by atoms with Crippen molar-refractivity contribution in [1.29, 1.82) is 0 Å². The number of unbranched alkanes of at least 4 members (excludes halogenated alkanes) is 2. The fourth-order valence-corrected chi connectivity index (χ4v) is 4.92. The van der Waals surface area contributed by atoms with Gasteiger partial charge in [-0.05, 0) is 47.9 Å². The quantitative estimate of drug-likeness (QED) is 0.373. The van der Waals surface area contributed by atoms with Crippen LogP contribution in [0.1, 0.15) is 63.5 Å². The first-order valence-electron chi connectivity index (χ1n) is 12.4. The molecule has 2 amide bonds. The van der Waals surface area contributed by atoms with Gasteiger partial charge >= 0.3 is 12.1 Å². The maximum Gasteiger partial charge on any atom is 0.407 e. The summed E-state index contributed by atoms with van der Waals surface area (Å²) in [5, 5.41) is 14.9. The summed E-state index contributed by atoms with van der Waals surface area (Å²) in [6, 6.07) is 16.0. The molecule has 2 aromatic rings. The molecule has 1 aliphatic carbocycles. The van der Waals surface area contributed by atoms with Crippen LogP contribution in [-0.4, -0.2) is 42.3 Å². The summed E-state index contributed by atoms with van der Waals surface area (Å²) >= 11 is 0. The Morgan fingerprint density at radius 2 is 1.51 bits per heavy atom. The number of ether oxygens (including phenoxy) is 1. The number of nitrogens with one attached hydrogen (secondary N) is 2. The lowest BCUT2D eigenvalue weighted by Crippen LogP contribution is -2.43. The van der Waals surface area contributed by atoms with Crippen molar-refractivity contribution in [2.24, 2.45) is 11.8 Å². The van der Waals surface area contributed by atoms with Crippen LogP contribution in [0.4, 0.5) is 4.79 Å². The van der Waals surface area contributed by atoms with Gasteiger partial charge in [0.1, 0.15) is 6.61 Å². The molecule has 7 heteroatoms. The number of carbonyl (C=O) groups is 3. The molecule has 2 atom stereocenters. The molecule has 188 valence electrons. The molecular weight excluding hydrogens is 444 g/mol. The minimum Gasteiger partial charge on any atom is -0.481 e. The van der Waals surface area contributed by atoms with Gasteiger partial charge in [0, 0.05) is 24.9 Å². The summed E-state index contributed by atoms with van der Waals surface area (Å²) in [4.78, 5) is 35.7. The van der Waals surface area contributed by atoms with Gasteiger partial charge in [0.25, 0.3) is 0 Å². The number of hydrogen-bond donors (Lipinski definition) is 3. The first-order valence-corrected chi connectivity index (χ1v) is 12.4. The first-order chi connectivity index (χ1) is 16.8. The van der Waals surface area contributed by atoms with Gasteiger partial charge in [-0.1, -0.05) is 68.8 Å². The van der Waals surface area contributed by atoms with Crippen LogP contribution in [0, 0.1) is 11.8 Å². The molecule has 0 spiro atoms. The van der Waals surface area contributed by atoms with Gasteiger partial charge in [-0.2, -0.15) is 0 Å². The van der Waals surface area contributed by atoms with E-state index in [9.17, 15) is 19.5 Å². The smallest absolute Gasteiger partial charge is 0.407 e. The summed E-state index contributed by atoms with van der Waals surface area (Å²) in [5.41, 5.74) is 4.74. The molecule has 3 N–H and O–H groups in total. The second-order valence-electron chi connectivity index (χ2n) is 9.53. The summed E-state index contributed by atoms with van der Waals surface area (Å²) in [7, 11) is 0. The van der Waals surface area contributed by atoms with E-state index in [4.69, 9.17) is 4.74 Å². The average Bonchev–Trinajstić information content (AvgIpc) is 3.13. The Hall–Kier alpha value is -3.35. The summed E-state index contributed by atoms with van der Waals surface area (Å²) in [6.07, 6.45) is 2.07. The Bertz CT molecular complexity index is 990. The minimum absolute atomic E-state index is 0.0328. The minimum atomic E-state index is -0.896. The van der Waals surface area contributed by atoms with E-state index in [0.29, 0.717) is 19.4 Å². The number of fused-ring (bicyclic) bond motifs is 3. The number of carboxylic acids is 1. The molecule has 0 bridgehead atoms. The van der Waals surface area contributed by atoms with Gasteiger partial charge in [0.2, 0.25) is 5.91 Å². The zero-order valence-electron chi connectivity index (χ0n) is 20.8. The first kappa shape index (κ1) is 26.3. The molecular formula is C28H36N2O5. The molecule has 0 radical (unpaired) electrons. The lowest BCUT2D eigenvalue weighted by molar-refractivity contribution is -0.144. The highest BCUT2D eigenvalue weighted by molar-refractivity contribution is 5.79. The number of carboxylic acid groups (broad SMARTS) is 1. The highest BCUT2D eigenvalue weighted by Gasteiger charge is 2.30. The molecule has 0 aliphatic heterocycles. The molecule has 0 fully saturated rings. The van der Waals surface area contributed by atoms with Crippen molar-refractivity contribution in [2.75, 3.05) is 13.2 Å². The third-order valence-electron chi connectivity index (χ3n) is 6.62. The van der Waals surface area contributed by atoms with Gasteiger partial charge in [-0.25, -0.2) is 4.79 Å². The summed E-state index contributed by atoms with van der Waals surface area (Å²) < 4.78 is 5.53. The van der Waals surface area contributed by atoms with E-state index < -0.39 is 24.0 Å². The van der Waals surface area contributed by atoms with Crippen molar-refractivity contribution in [3.63, 3.8) is 0 Å². The van der Waals surface area contributed by atoms with Crippen LogP contribution in [0.3, 0.4) is 0 Å².